The van der Waals surface area contributed by atoms with Gasteiger partial charge in [-0.05, 0) is 0 Å². The van der Waals surface area contributed by atoms with Crippen molar-refractivity contribution in [3.8, 4) is 0 Å². The van der Waals surface area contributed by atoms with Crippen LogP contribution in [0.1, 0.15) is 10.6 Å². The van der Waals surface area contributed by atoms with Gasteiger partial charge in [0.2, 0.25) is 5.76 Å². The molecule has 5 heteroatoms. The summed E-state index contributed by atoms with van der Waals surface area (Å²) in [7, 11) is 1.27. The van der Waals surface area contributed by atoms with Crippen molar-refractivity contribution in [2.75, 3.05) is 7.11 Å². The maximum atomic E-state index is 10.6. The number of H-pyrrole nitrogens is 1. The highest BCUT2D eigenvalue weighted by Crippen LogP contribution is 1.99. The molecule has 1 heterocycles. The van der Waals surface area contributed by atoms with E-state index in [1.54, 1.807) is 0 Å². The third-order valence-corrected chi connectivity index (χ3v) is 1.11. The number of ether oxygens (including phenoxy) is 1. The number of aromatic nitrogens is 1. The molecular weight excluding hydrogens is 154 g/mol. The molecule has 0 aliphatic heterocycles. The van der Waals surface area contributed by atoms with E-state index in [-0.39, 0.29) is 5.76 Å². The Labute approximate surface area is 61.8 Å². The second-order valence-electron chi connectivity index (χ2n) is 1.57. The van der Waals surface area contributed by atoms with Crippen molar-refractivity contribution in [1.29, 1.82) is 0 Å². The van der Waals surface area contributed by atoms with E-state index < -0.39 is 5.97 Å². The van der Waals surface area contributed by atoms with Crippen molar-refractivity contribution in [3.05, 3.63) is 16.5 Å². The Kier molecular flexibility index (Phi) is 1.86. The Hall–Kier alpha value is -1.10. The second-order valence-corrected chi connectivity index (χ2v) is 2.01. The standard InChI is InChI=1S/C5H5NO3S/c1-8-5(7)3-2-4(10)6-9-3/h2H,1H3,(H,6,10). The van der Waals surface area contributed by atoms with Gasteiger partial charge in [-0.15, -0.1) is 0 Å². The molecule has 0 fully saturated rings. The molecule has 0 radical (unpaired) electrons. The fourth-order valence-corrected chi connectivity index (χ4v) is 0.633. The first kappa shape index (κ1) is 7.01. The predicted octanol–water partition coefficient (Wildman–Crippen LogP) is 1.12. The van der Waals surface area contributed by atoms with E-state index in [9.17, 15) is 4.79 Å². The largest absolute Gasteiger partial charge is 0.463 e. The van der Waals surface area contributed by atoms with Crippen molar-refractivity contribution in [1.82, 2.24) is 5.16 Å². The summed E-state index contributed by atoms with van der Waals surface area (Å²) in [6.07, 6.45) is 0. The third kappa shape index (κ3) is 1.24. The summed E-state index contributed by atoms with van der Waals surface area (Å²) in [6, 6.07) is 1.39. The van der Waals surface area contributed by atoms with Crippen LogP contribution in [-0.4, -0.2) is 18.2 Å². The molecule has 0 spiro atoms. The molecule has 10 heavy (non-hydrogen) atoms. The van der Waals surface area contributed by atoms with Gasteiger partial charge in [-0.25, -0.2) is 9.95 Å². The number of aromatic amines is 1. The molecule has 0 bridgehead atoms. The summed E-state index contributed by atoms with van der Waals surface area (Å²) in [5.41, 5.74) is 0. The number of methoxy groups -OCH3 is 1. The number of carbonyl (C=O) groups is 1. The third-order valence-electron chi connectivity index (χ3n) is 0.910. The molecule has 0 amide bonds. The molecule has 0 saturated heterocycles. The van der Waals surface area contributed by atoms with Crippen molar-refractivity contribution < 1.29 is 14.1 Å². The van der Waals surface area contributed by atoms with Crippen molar-refractivity contribution in [3.63, 3.8) is 0 Å². The lowest BCUT2D eigenvalue weighted by molar-refractivity contribution is 0.0554. The van der Waals surface area contributed by atoms with Crippen LogP contribution in [0.2, 0.25) is 0 Å². The van der Waals surface area contributed by atoms with Crippen LogP contribution in [0.5, 0.6) is 0 Å². The molecular formula is C5H5NO3S. The zero-order valence-electron chi connectivity index (χ0n) is 5.21. The Bertz CT molecular complexity index is 287. The van der Waals surface area contributed by atoms with Crippen molar-refractivity contribution in [2.45, 2.75) is 0 Å². The van der Waals surface area contributed by atoms with E-state index in [1.165, 1.54) is 13.2 Å². The molecule has 0 aliphatic carbocycles. The van der Waals surface area contributed by atoms with Gasteiger partial charge in [0.1, 0.15) is 4.64 Å². The van der Waals surface area contributed by atoms with Gasteiger partial charge < -0.3 is 9.26 Å². The Morgan fingerprint density at radius 1 is 1.90 bits per heavy atom. The van der Waals surface area contributed by atoms with Gasteiger partial charge in [-0.2, -0.15) is 0 Å². The van der Waals surface area contributed by atoms with Crippen LogP contribution in [-0.2, 0) is 4.74 Å². The lowest BCUT2D eigenvalue weighted by Gasteiger charge is -1.88. The molecule has 0 atom stereocenters. The normalized spacial score (nSPS) is 9.30. The highest BCUT2D eigenvalue weighted by Gasteiger charge is 2.08. The second kappa shape index (κ2) is 2.66. The van der Waals surface area contributed by atoms with Crippen LogP contribution in [0.3, 0.4) is 0 Å². The van der Waals surface area contributed by atoms with E-state index in [4.69, 9.17) is 0 Å². The monoisotopic (exact) mass is 159 g/mol. The SMILES string of the molecule is COC(=O)c1cc(=S)[nH]o1. The van der Waals surface area contributed by atoms with E-state index >= 15 is 0 Å². The minimum absolute atomic E-state index is 0.0903. The number of esters is 1. The summed E-state index contributed by atoms with van der Waals surface area (Å²) in [5, 5.41) is 2.32. The zero-order valence-corrected chi connectivity index (χ0v) is 6.03. The first-order valence-electron chi connectivity index (χ1n) is 2.51. The molecule has 1 rings (SSSR count). The Balaban J connectivity index is 2.95. The molecule has 4 nitrogen and oxygen atoms in total. The number of nitrogens with one attached hydrogen (secondary N) is 1. The topological polar surface area (TPSA) is 55.2 Å². The quantitative estimate of drug-likeness (QED) is 0.493. The number of rotatable bonds is 1. The van der Waals surface area contributed by atoms with Crippen LogP contribution in [0.4, 0.5) is 0 Å². The summed E-state index contributed by atoms with van der Waals surface area (Å²) < 4.78 is 9.34. The van der Waals surface area contributed by atoms with Crippen molar-refractivity contribution >= 4 is 18.2 Å². The first-order valence-corrected chi connectivity index (χ1v) is 2.91. The van der Waals surface area contributed by atoms with Gasteiger partial charge in [-0.3, -0.25) is 0 Å². The minimum Gasteiger partial charge on any atom is -0.463 e. The Morgan fingerprint density at radius 3 is 3.00 bits per heavy atom. The van der Waals surface area contributed by atoms with E-state index in [2.05, 4.69) is 26.6 Å². The van der Waals surface area contributed by atoms with Gasteiger partial charge in [-0.1, -0.05) is 12.2 Å². The number of hydrogen-bond donors (Lipinski definition) is 1. The van der Waals surface area contributed by atoms with Crippen LogP contribution in [0.25, 0.3) is 0 Å². The first-order chi connectivity index (χ1) is 4.74. The van der Waals surface area contributed by atoms with Crippen LogP contribution >= 0.6 is 12.2 Å². The molecule has 0 unspecified atom stereocenters. The van der Waals surface area contributed by atoms with Gasteiger partial charge in [0.25, 0.3) is 0 Å². The van der Waals surface area contributed by atoms with E-state index in [1.807, 2.05) is 0 Å². The predicted molar refractivity (Wildman–Crippen MR) is 35.2 cm³/mol. The lowest BCUT2D eigenvalue weighted by Crippen LogP contribution is -1.98. The average Bonchev–Trinajstić information content (AvgIpc) is 2.34. The van der Waals surface area contributed by atoms with Crippen LogP contribution in [0.15, 0.2) is 10.6 Å². The fourth-order valence-electron chi connectivity index (χ4n) is 0.484. The minimum atomic E-state index is -0.535. The Morgan fingerprint density at radius 2 is 2.60 bits per heavy atom. The highest BCUT2D eigenvalue weighted by atomic mass is 32.1. The summed E-state index contributed by atoms with van der Waals surface area (Å²) in [6.45, 7) is 0. The highest BCUT2D eigenvalue weighted by molar-refractivity contribution is 7.71. The number of hydrogen-bond acceptors (Lipinski definition) is 4. The summed E-state index contributed by atoms with van der Waals surface area (Å²) in [4.78, 5) is 10.6. The maximum Gasteiger partial charge on any atom is 0.376 e. The molecule has 54 valence electrons. The van der Waals surface area contributed by atoms with Crippen LogP contribution in [0, 0.1) is 4.64 Å². The molecule has 1 aromatic rings. The summed E-state index contributed by atoms with van der Waals surface area (Å²) >= 11 is 4.64. The molecule has 0 aromatic carbocycles. The molecule has 1 aromatic heterocycles. The summed E-state index contributed by atoms with van der Waals surface area (Å²) in [5.74, 6) is -0.445. The average molecular weight is 159 g/mol. The van der Waals surface area contributed by atoms with Crippen LogP contribution < -0.4 is 0 Å². The van der Waals surface area contributed by atoms with Gasteiger partial charge in [0, 0.05) is 6.07 Å². The smallest absolute Gasteiger partial charge is 0.376 e. The number of carbonyl (C=O) groups excluding carboxylic acids is 1. The van der Waals surface area contributed by atoms with Crippen molar-refractivity contribution in [2.24, 2.45) is 0 Å². The lowest BCUT2D eigenvalue weighted by atomic mass is 10.5. The van der Waals surface area contributed by atoms with Gasteiger partial charge in [0.05, 0.1) is 7.11 Å². The zero-order chi connectivity index (χ0) is 7.56. The fraction of sp³-hybridized carbons (Fsp3) is 0.200. The maximum absolute atomic E-state index is 10.6. The van der Waals surface area contributed by atoms with E-state index in [0.29, 0.717) is 4.64 Å². The van der Waals surface area contributed by atoms with Gasteiger partial charge >= 0.3 is 5.97 Å². The van der Waals surface area contributed by atoms with Gasteiger partial charge in [0.15, 0.2) is 0 Å². The molecule has 1 N–H and O–H groups in total. The molecule has 0 saturated carbocycles. The van der Waals surface area contributed by atoms with E-state index in [0.717, 1.165) is 0 Å². The molecule has 0 aliphatic rings.